The van der Waals surface area contributed by atoms with E-state index in [1.165, 1.54) is 4.31 Å². The van der Waals surface area contributed by atoms with Crippen LogP contribution in [-0.4, -0.2) is 53.8 Å². The van der Waals surface area contributed by atoms with Gasteiger partial charge in [-0.15, -0.1) is 0 Å². The van der Waals surface area contributed by atoms with Crippen molar-refractivity contribution in [1.82, 2.24) is 8.61 Å². The van der Waals surface area contributed by atoms with Gasteiger partial charge in [0.15, 0.2) is 0 Å². The quantitative estimate of drug-likeness (QED) is 0.767. The lowest BCUT2D eigenvalue weighted by atomic mass is 10.1. The Hall–Kier alpha value is -0.660. The summed E-state index contributed by atoms with van der Waals surface area (Å²) in [6, 6.07) is -0.908. The second-order valence-corrected chi connectivity index (χ2v) is 6.69. The van der Waals surface area contributed by atoms with Gasteiger partial charge in [-0.2, -0.15) is 17.0 Å². The van der Waals surface area contributed by atoms with Gasteiger partial charge in [-0.05, 0) is 25.7 Å². The summed E-state index contributed by atoms with van der Waals surface area (Å²) in [4.78, 5) is 11.2. The van der Waals surface area contributed by atoms with Gasteiger partial charge in [-0.1, -0.05) is 20.3 Å². The molecule has 1 fully saturated rings. The van der Waals surface area contributed by atoms with Crippen molar-refractivity contribution in [3.63, 3.8) is 0 Å². The third-order valence-electron chi connectivity index (χ3n) is 3.48. The first kappa shape index (κ1) is 16.4. The molecular formula is C12H24N2O4S. The lowest BCUT2D eigenvalue weighted by Crippen LogP contribution is -2.53. The molecule has 1 saturated heterocycles. The number of piperidine rings is 1. The number of nitrogens with zero attached hydrogens (tertiary/aromatic N) is 2. The zero-order valence-corrected chi connectivity index (χ0v) is 12.5. The van der Waals surface area contributed by atoms with Crippen LogP contribution in [0.15, 0.2) is 0 Å². The summed E-state index contributed by atoms with van der Waals surface area (Å²) >= 11 is 0. The molecule has 0 aromatic carbocycles. The molecule has 1 unspecified atom stereocenters. The van der Waals surface area contributed by atoms with Crippen LogP contribution in [0.3, 0.4) is 0 Å². The summed E-state index contributed by atoms with van der Waals surface area (Å²) in [7, 11) is -3.65. The van der Waals surface area contributed by atoms with Crippen molar-refractivity contribution in [1.29, 1.82) is 0 Å². The normalized spacial score (nSPS) is 21.7. The Morgan fingerprint density at radius 3 is 2.58 bits per heavy atom. The highest BCUT2D eigenvalue weighted by molar-refractivity contribution is 7.86. The molecule has 112 valence electrons. The Labute approximate surface area is 115 Å². The molecule has 7 heteroatoms. The lowest BCUT2D eigenvalue weighted by Gasteiger charge is -2.35. The fourth-order valence-corrected chi connectivity index (χ4v) is 4.21. The standard InChI is InChI=1S/C12H24N2O4S/c1-3-5-9-13(4-2)19(17,18)14-10-7-6-8-11(14)12(15)16/h11H,3-10H2,1-2H3,(H,15,16). The number of carboxylic acids is 1. The number of carboxylic acid groups (broad SMARTS) is 1. The topological polar surface area (TPSA) is 77.9 Å². The van der Waals surface area contributed by atoms with Crippen LogP contribution in [0.2, 0.25) is 0 Å². The highest BCUT2D eigenvalue weighted by atomic mass is 32.2. The predicted octanol–water partition coefficient (Wildman–Crippen LogP) is 1.29. The maximum absolute atomic E-state index is 12.5. The minimum atomic E-state index is -3.65. The third-order valence-corrected chi connectivity index (χ3v) is 5.60. The van der Waals surface area contributed by atoms with Gasteiger partial charge in [0, 0.05) is 19.6 Å². The largest absolute Gasteiger partial charge is 0.480 e. The van der Waals surface area contributed by atoms with Crippen LogP contribution in [-0.2, 0) is 15.0 Å². The Morgan fingerprint density at radius 2 is 2.05 bits per heavy atom. The van der Waals surface area contributed by atoms with E-state index in [-0.39, 0.29) is 0 Å². The summed E-state index contributed by atoms with van der Waals surface area (Å²) in [5.74, 6) is -1.05. The number of unbranched alkanes of at least 4 members (excludes halogenated alkanes) is 1. The molecule has 6 nitrogen and oxygen atoms in total. The molecule has 19 heavy (non-hydrogen) atoms. The molecule has 0 saturated carbocycles. The maximum Gasteiger partial charge on any atom is 0.322 e. The summed E-state index contributed by atoms with van der Waals surface area (Å²) < 4.78 is 27.6. The van der Waals surface area contributed by atoms with E-state index < -0.39 is 22.2 Å². The smallest absolute Gasteiger partial charge is 0.322 e. The van der Waals surface area contributed by atoms with Crippen LogP contribution in [0.25, 0.3) is 0 Å². The maximum atomic E-state index is 12.5. The van der Waals surface area contributed by atoms with Crippen LogP contribution >= 0.6 is 0 Å². The van der Waals surface area contributed by atoms with Crippen LogP contribution in [0.5, 0.6) is 0 Å². The Kier molecular flexibility index (Phi) is 6.22. The SMILES string of the molecule is CCCCN(CC)S(=O)(=O)N1CCCCC1C(=O)O. The molecule has 1 atom stereocenters. The first-order valence-electron chi connectivity index (χ1n) is 6.94. The van der Waals surface area contributed by atoms with Crippen molar-refractivity contribution in [3.05, 3.63) is 0 Å². The van der Waals surface area contributed by atoms with Gasteiger partial charge >= 0.3 is 5.97 Å². The van der Waals surface area contributed by atoms with E-state index in [0.29, 0.717) is 26.1 Å². The summed E-state index contributed by atoms with van der Waals surface area (Å²) in [5.41, 5.74) is 0. The third kappa shape index (κ3) is 3.90. The highest BCUT2D eigenvalue weighted by Crippen LogP contribution is 2.23. The van der Waals surface area contributed by atoms with Crippen molar-refractivity contribution in [3.8, 4) is 0 Å². The van der Waals surface area contributed by atoms with Crippen molar-refractivity contribution in [2.45, 2.75) is 52.0 Å². The van der Waals surface area contributed by atoms with Crippen molar-refractivity contribution >= 4 is 16.2 Å². The summed E-state index contributed by atoms with van der Waals surface area (Å²) in [5, 5.41) is 9.18. The molecule has 1 N–H and O–H groups in total. The number of carbonyl (C=O) groups is 1. The van der Waals surface area contributed by atoms with Gasteiger partial charge in [0.2, 0.25) is 0 Å². The molecule has 0 aromatic heterocycles. The molecular weight excluding hydrogens is 268 g/mol. The molecule has 0 bridgehead atoms. The van der Waals surface area contributed by atoms with Crippen LogP contribution in [0.1, 0.15) is 46.0 Å². The van der Waals surface area contributed by atoms with Crippen LogP contribution < -0.4 is 0 Å². The Balaban J connectivity index is 2.91. The zero-order valence-electron chi connectivity index (χ0n) is 11.7. The van der Waals surface area contributed by atoms with Crippen molar-refractivity contribution in [2.75, 3.05) is 19.6 Å². The highest BCUT2D eigenvalue weighted by Gasteiger charge is 2.39. The van der Waals surface area contributed by atoms with Gasteiger partial charge in [0.25, 0.3) is 10.2 Å². The van der Waals surface area contributed by atoms with Crippen molar-refractivity contribution in [2.24, 2.45) is 0 Å². The van der Waals surface area contributed by atoms with E-state index >= 15 is 0 Å². The van der Waals surface area contributed by atoms with Gasteiger partial charge in [-0.25, -0.2) is 0 Å². The van der Waals surface area contributed by atoms with E-state index in [1.54, 1.807) is 6.92 Å². The summed E-state index contributed by atoms with van der Waals surface area (Å²) in [6.45, 7) is 4.93. The summed E-state index contributed by atoms with van der Waals surface area (Å²) in [6.07, 6.45) is 3.60. The monoisotopic (exact) mass is 292 g/mol. The Bertz CT molecular complexity index is 397. The van der Waals surface area contributed by atoms with Crippen LogP contribution in [0, 0.1) is 0 Å². The molecule has 0 aliphatic carbocycles. The van der Waals surface area contributed by atoms with E-state index in [9.17, 15) is 18.3 Å². The van der Waals surface area contributed by atoms with Gasteiger partial charge in [-0.3, -0.25) is 4.79 Å². The molecule has 1 heterocycles. The van der Waals surface area contributed by atoms with E-state index in [2.05, 4.69) is 0 Å². The lowest BCUT2D eigenvalue weighted by molar-refractivity contribution is -0.142. The van der Waals surface area contributed by atoms with Gasteiger partial charge < -0.3 is 5.11 Å². The van der Waals surface area contributed by atoms with E-state index in [0.717, 1.165) is 30.0 Å². The number of hydrogen-bond acceptors (Lipinski definition) is 3. The predicted molar refractivity (Wildman–Crippen MR) is 73.1 cm³/mol. The minimum Gasteiger partial charge on any atom is -0.480 e. The van der Waals surface area contributed by atoms with Gasteiger partial charge in [0.05, 0.1) is 0 Å². The molecule has 1 rings (SSSR count). The second-order valence-electron chi connectivity index (χ2n) is 4.81. The van der Waals surface area contributed by atoms with Crippen molar-refractivity contribution < 1.29 is 18.3 Å². The second kappa shape index (κ2) is 7.21. The number of rotatable bonds is 7. The number of hydrogen-bond donors (Lipinski definition) is 1. The minimum absolute atomic E-state index is 0.307. The van der Waals surface area contributed by atoms with Crippen LogP contribution in [0.4, 0.5) is 0 Å². The average molecular weight is 292 g/mol. The fourth-order valence-electron chi connectivity index (χ4n) is 2.35. The van der Waals surface area contributed by atoms with Gasteiger partial charge in [0.1, 0.15) is 6.04 Å². The molecule has 1 aliphatic heterocycles. The first-order valence-corrected chi connectivity index (χ1v) is 8.34. The first-order chi connectivity index (χ1) is 8.95. The zero-order chi connectivity index (χ0) is 14.5. The Morgan fingerprint density at radius 1 is 1.37 bits per heavy atom. The molecule has 1 aliphatic rings. The van der Waals surface area contributed by atoms with E-state index in [4.69, 9.17) is 0 Å². The molecule has 0 aromatic rings. The van der Waals surface area contributed by atoms with E-state index in [1.807, 2.05) is 6.92 Å². The number of aliphatic carboxylic acids is 1. The average Bonchev–Trinajstić information content (AvgIpc) is 2.39. The fraction of sp³-hybridized carbons (Fsp3) is 0.917. The molecule has 0 amide bonds. The molecule has 0 radical (unpaired) electrons. The molecule has 0 spiro atoms.